The number of para-hydroxylation sites is 1. The highest BCUT2D eigenvalue weighted by molar-refractivity contribution is 7.18. The molecule has 4 nitrogen and oxygen atoms in total. The number of hydrogen-bond donors (Lipinski definition) is 2. The largest absolute Gasteiger partial charge is 0.353 e. The number of carbonyl (C=O) groups is 1. The lowest BCUT2D eigenvalue weighted by Crippen LogP contribution is -2.38. The third-order valence-electron chi connectivity index (χ3n) is 5.31. The molecule has 2 fully saturated rings. The zero-order valence-corrected chi connectivity index (χ0v) is 14.3. The van der Waals surface area contributed by atoms with Crippen LogP contribution in [-0.4, -0.2) is 30.0 Å². The molecule has 1 aromatic heterocycles. The van der Waals surface area contributed by atoms with Gasteiger partial charge >= 0.3 is 0 Å². The Balaban J connectivity index is 1.34. The first-order valence-electron chi connectivity index (χ1n) is 8.52. The van der Waals surface area contributed by atoms with Gasteiger partial charge in [0.05, 0.1) is 15.2 Å². The second-order valence-corrected chi connectivity index (χ2v) is 8.17. The fourth-order valence-corrected chi connectivity index (χ4v) is 4.96. The number of amides is 1. The summed E-state index contributed by atoms with van der Waals surface area (Å²) in [6.45, 7) is 4.21. The quantitative estimate of drug-likeness (QED) is 0.907. The van der Waals surface area contributed by atoms with Crippen molar-refractivity contribution in [2.24, 2.45) is 11.3 Å². The average Bonchev–Trinajstić information content (AvgIpc) is 3.07. The van der Waals surface area contributed by atoms with E-state index in [1.165, 1.54) is 4.70 Å². The van der Waals surface area contributed by atoms with E-state index in [9.17, 15) is 4.79 Å². The molecule has 0 bridgehead atoms. The van der Waals surface area contributed by atoms with E-state index in [1.54, 1.807) is 11.3 Å². The van der Waals surface area contributed by atoms with E-state index in [0.717, 1.165) is 49.3 Å². The molecule has 2 aromatic rings. The Morgan fingerprint density at radius 1 is 1.43 bits per heavy atom. The first kappa shape index (κ1) is 15.1. The van der Waals surface area contributed by atoms with Crippen molar-refractivity contribution < 1.29 is 4.79 Å². The molecule has 122 valence electrons. The van der Waals surface area contributed by atoms with Crippen LogP contribution in [-0.2, 0) is 11.2 Å². The highest BCUT2D eigenvalue weighted by atomic mass is 32.1. The zero-order valence-electron chi connectivity index (χ0n) is 13.5. The van der Waals surface area contributed by atoms with Crippen LogP contribution in [0, 0.1) is 11.3 Å². The molecule has 4 rings (SSSR count). The van der Waals surface area contributed by atoms with Crippen molar-refractivity contribution in [3.8, 4) is 0 Å². The van der Waals surface area contributed by atoms with E-state index in [-0.39, 0.29) is 17.9 Å². The highest BCUT2D eigenvalue weighted by Crippen LogP contribution is 2.58. The van der Waals surface area contributed by atoms with Gasteiger partial charge in [0.15, 0.2) is 0 Å². The van der Waals surface area contributed by atoms with Crippen LogP contribution in [0.5, 0.6) is 0 Å². The Morgan fingerprint density at radius 3 is 3.00 bits per heavy atom. The first-order valence-corrected chi connectivity index (χ1v) is 9.33. The van der Waals surface area contributed by atoms with Gasteiger partial charge in [-0.15, -0.1) is 11.3 Å². The predicted molar refractivity (Wildman–Crippen MR) is 93.6 cm³/mol. The summed E-state index contributed by atoms with van der Waals surface area (Å²) in [7, 11) is 0. The van der Waals surface area contributed by atoms with Gasteiger partial charge < -0.3 is 10.6 Å². The molecule has 1 aliphatic carbocycles. The summed E-state index contributed by atoms with van der Waals surface area (Å²) in [6, 6.07) is 8.35. The van der Waals surface area contributed by atoms with Crippen LogP contribution in [0.1, 0.15) is 31.2 Å². The normalized spacial score (nSPS) is 23.8. The lowest BCUT2D eigenvalue weighted by Gasteiger charge is -2.23. The van der Waals surface area contributed by atoms with E-state index >= 15 is 0 Å². The zero-order chi connectivity index (χ0) is 15.9. The van der Waals surface area contributed by atoms with E-state index in [0.29, 0.717) is 5.41 Å². The van der Waals surface area contributed by atoms with Crippen molar-refractivity contribution >= 4 is 27.5 Å². The second-order valence-electron chi connectivity index (χ2n) is 7.06. The molecule has 2 unspecified atom stereocenters. The van der Waals surface area contributed by atoms with Crippen LogP contribution in [0.4, 0.5) is 0 Å². The maximum absolute atomic E-state index is 12.5. The van der Waals surface area contributed by atoms with Gasteiger partial charge in [-0.05, 0) is 56.8 Å². The molecular formula is C18H23N3OS. The Hall–Kier alpha value is -1.46. The van der Waals surface area contributed by atoms with Crippen LogP contribution in [0.25, 0.3) is 10.2 Å². The van der Waals surface area contributed by atoms with Gasteiger partial charge in [0.25, 0.3) is 0 Å². The number of rotatable bonds is 4. The molecule has 1 saturated carbocycles. The molecule has 1 aromatic carbocycles. The van der Waals surface area contributed by atoms with Crippen molar-refractivity contribution in [2.45, 2.75) is 38.6 Å². The summed E-state index contributed by atoms with van der Waals surface area (Å²) in [4.78, 5) is 17.2. The monoisotopic (exact) mass is 329 g/mol. The van der Waals surface area contributed by atoms with Crippen molar-refractivity contribution in [2.75, 3.05) is 13.1 Å². The number of nitrogens with one attached hydrogen (secondary N) is 2. The van der Waals surface area contributed by atoms with Crippen molar-refractivity contribution in [3.05, 3.63) is 29.3 Å². The number of carbonyl (C=O) groups excluding carboxylic acids is 1. The van der Waals surface area contributed by atoms with Gasteiger partial charge in [-0.25, -0.2) is 4.98 Å². The third kappa shape index (κ3) is 3.00. The van der Waals surface area contributed by atoms with Crippen LogP contribution in [0.2, 0.25) is 0 Å². The predicted octanol–water partition coefficient (Wildman–Crippen LogP) is 2.73. The van der Waals surface area contributed by atoms with Gasteiger partial charge in [0.1, 0.15) is 0 Å². The van der Waals surface area contributed by atoms with Gasteiger partial charge in [-0.1, -0.05) is 12.1 Å². The maximum Gasteiger partial charge on any atom is 0.223 e. The molecule has 5 heteroatoms. The number of aromatic nitrogens is 1. The fourth-order valence-electron chi connectivity index (χ4n) is 3.86. The minimum absolute atomic E-state index is 0.141. The van der Waals surface area contributed by atoms with Crippen molar-refractivity contribution in [3.63, 3.8) is 0 Å². The number of benzene rings is 1. The topological polar surface area (TPSA) is 54.0 Å². The molecule has 0 radical (unpaired) electrons. The fraction of sp³-hybridized carbons (Fsp3) is 0.556. The number of fused-ring (bicyclic) bond motifs is 1. The summed E-state index contributed by atoms with van der Waals surface area (Å²) in [5.41, 5.74) is 1.37. The average molecular weight is 329 g/mol. The summed E-state index contributed by atoms with van der Waals surface area (Å²) < 4.78 is 1.22. The Labute approximate surface area is 140 Å². The first-order chi connectivity index (χ1) is 11.2. The molecular weight excluding hydrogens is 306 g/mol. The number of hydrogen-bond acceptors (Lipinski definition) is 4. The summed E-state index contributed by atoms with van der Waals surface area (Å²) >= 11 is 1.73. The molecule has 2 heterocycles. The standard InChI is InChI=1S/C18H23N3OS/c1-12(10-16-21-14-4-2-3-5-15(14)23-16)20-17(22)13-11-18(13)6-8-19-9-7-18/h2-5,12-13,19H,6-11H2,1H3,(H,20,22). The summed E-state index contributed by atoms with van der Waals surface area (Å²) in [5.74, 6) is 0.489. The van der Waals surface area contributed by atoms with Crippen LogP contribution in [0.3, 0.4) is 0 Å². The van der Waals surface area contributed by atoms with Gasteiger partial charge in [0.2, 0.25) is 5.91 Å². The Morgan fingerprint density at radius 2 is 2.22 bits per heavy atom. The number of thiazole rings is 1. The van der Waals surface area contributed by atoms with Crippen LogP contribution in [0.15, 0.2) is 24.3 Å². The SMILES string of the molecule is CC(Cc1nc2ccccc2s1)NC(=O)C1CC12CCNCC2. The van der Waals surface area contributed by atoms with Gasteiger partial charge in [-0.2, -0.15) is 0 Å². The highest BCUT2D eigenvalue weighted by Gasteiger charge is 2.57. The molecule has 23 heavy (non-hydrogen) atoms. The smallest absolute Gasteiger partial charge is 0.223 e. The number of piperidine rings is 1. The molecule has 2 aliphatic rings. The van der Waals surface area contributed by atoms with Crippen molar-refractivity contribution in [1.82, 2.24) is 15.6 Å². The van der Waals surface area contributed by atoms with E-state index in [2.05, 4.69) is 28.6 Å². The molecule has 1 saturated heterocycles. The summed E-state index contributed by atoms with van der Waals surface area (Å²) in [6.07, 6.45) is 4.19. The van der Waals surface area contributed by atoms with Crippen LogP contribution < -0.4 is 10.6 Å². The molecule has 2 atom stereocenters. The van der Waals surface area contributed by atoms with Gasteiger partial charge in [-0.3, -0.25) is 4.79 Å². The molecule has 1 aliphatic heterocycles. The van der Waals surface area contributed by atoms with E-state index in [1.807, 2.05) is 18.2 Å². The van der Waals surface area contributed by atoms with Gasteiger partial charge in [0, 0.05) is 18.4 Å². The summed E-state index contributed by atoms with van der Waals surface area (Å²) in [5, 5.41) is 7.70. The van der Waals surface area contributed by atoms with E-state index < -0.39 is 0 Å². The molecule has 1 spiro atoms. The van der Waals surface area contributed by atoms with Crippen LogP contribution >= 0.6 is 11.3 Å². The minimum Gasteiger partial charge on any atom is -0.353 e. The second kappa shape index (κ2) is 5.87. The minimum atomic E-state index is 0.141. The Kier molecular flexibility index (Phi) is 3.85. The molecule has 1 amide bonds. The van der Waals surface area contributed by atoms with E-state index in [4.69, 9.17) is 0 Å². The van der Waals surface area contributed by atoms with Crippen molar-refractivity contribution in [1.29, 1.82) is 0 Å². The lowest BCUT2D eigenvalue weighted by atomic mass is 9.91. The number of nitrogens with zero attached hydrogens (tertiary/aromatic N) is 1. The lowest BCUT2D eigenvalue weighted by molar-refractivity contribution is -0.123. The Bertz CT molecular complexity index is 687. The molecule has 2 N–H and O–H groups in total. The third-order valence-corrected chi connectivity index (χ3v) is 6.37. The maximum atomic E-state index is 12.5.